The first kappa shape index (κ1) is 15.9. The Morgan fingerprint density at radius 3 is 3.12 bits per heavy atom. The van der Waals surface area contributed by atoms with Gasteiger partial charge < -0.3 is 4.42 Å². The summed E-state index contributed by atoms with van der Waals surface area (Å²) in [6.07, 6.45) is 6.47. The molecule has 3 nitrogen and oxygen atoms in total. The molecule has 2 aromatic rings. The van der Waals surface area contributed by atoms with Crippen LogP contribution in [0.4, 0.5) is 4.39 Å². The van der Waals surface area contributed by atoms with Crippen LogP contribution in [0, 0.1) is 23.6 Å². The fourth-order valence-electron chi connectivity index (χ4n) is 2.50. The summed E-state index contributed by atoms with van der Waals surface area (Å²) in [5.74, 6) is 6.27. The number of hydrogen-bond acceptors (Lipinski definition) is 3. The Morgan fingerprint density at radius 1 is 1.42 bits per heavy atom. The van der Waals surface area contributed by atoms with E-state index in [1.54, 1.807) is 6.07 Å². The van der Waals surface area contributed by atoms with Crippen molar-refractivity contribution in [1.29, 1.82) is 0 Å². The highest BCUT2D eigenvalue weighted by Crippen LogP contribution is 2.21. The summed E-state index contributed by atoms with van der Waals surface area (Å²) in [5.41, 5.74) is 2.06. The van der Waals surface area contributed by atoms with Gasteiger partial charge in [0.2, 0.25) is 0 Å². The normalized spacial score (nSPS) is 15.6. The van der Waals surface area contributed by atoms with Gasteiger partial charge in [0.05, 0.1) is 18.0 Å². The van der Waals surface area contributed by atoms with E-state index in [1.807, 2.05) is 12.2 Å². The lowest BCUT2D eigenvalue weighted by atomic mass is 9.93. The lowest BCUT2D eigenvalue weighted by Gasteiger charge is -2.11. The Bertz CT molecular complexity index is 867. The van der Waals surface area contributed by atoms with E-state index < -0.39 is 5.82 Å². The van der Waals surface area contributed by atoms with Gasteiger partial charge >= 0.3 is 0 Å². The summed E-state index contributed by atoms with van der Waals surface area (Å²) in [5, 5.41) is 0. The highest BCUT2D eigenvalue weighted by Gasteiger charge is 2.13. The van der Waals surface area contributed by atoms with E-state index >= 15 is 0 Å². The topological polar surface area (TPSA) is 43.1 Å². The minimum atomic E-state index is -0.406. The van der Waals surface area contributed by atoms with Crippen molar-refractivity contribution in [1.82, 2.24) is 4.98 Å². The van der Waals surface area contributed by atoms with Gasteiger partial charge in [0.1, 0.15) is 5.82 Å². The fourth-order valence-corrected chi connectivity index (χ4v) is 2.50. The molecule has 0 saturated heterocycles. The quantitative estimate of drug-likeness (QED) is 0.470. The predicted octanol–water partition coefficient (Wildman–Crippen LogP) is 4.22. The molecule has 1 aliphatic carbocycles. The van der Waals surface area contributed by atoms with Crippen molar-refractivity contribution in [2.24, 2.45) is 5.92 Å². The van der Waals surface area contributed by atoms with Crippen molar-refractivity contribution in [2.75, 3.05) is 0 Å². The molecule has 4 heteroatoms. The van der Waals surface area contributed by atoms with Gasteiger partial charge in [0.25, 0.3) is 0 Å². The van der Waals surface area contributed by atoms with Crippen LogP contribution in [0.2, 0.25) is 0 Å². The molecule has 0 aliphatic heterocycles. The molecule has 120 valence electrons. The third kappa shape index (κ3) is 3.69. The van der Waals surface area contributed by atoms with E-state index in [1.165, 1.54) is 24.6 Å². The second kappa shape index (κ2) is 7.10. The van der Waals surface area contributed by atoms with Crippen molar-refractivity contribution in [3.8, 4) is 11.8 Å². The number of carbonyl (C=O) groups is 1. The smallest absolute Gasteiger partial charge is 0.181 e. The standard InChI is InChI=1S/C20H16FNO2/c1-14(8-10-19(23)16-5-2-6-17(21)12-16)15-4-3-7-18-20(11-9-15)24-13-22-18/h2,5-6,9,11-13,15H,1,7-8,10H2. The highest BCUT2D eigenvalue weighted by atomic mass is 19.1. The predicted molar refractivity (Wildman–Crippen MR) is 89.6 cm³/mol. The van der Waals surface area contributed by atoms with Gasteiger partial charge in [-0.2, -0.15) is 0 Å². The molecular weight excluding hydrogens is 305 g/mol. The number of halogens is 1. The number of ketones is 1. The van der Waals surface area contributed by atoms with Gasteiger partial charge in [-0.05, 0) is 24.6 Å². The average molecular weight is 321 g/mol. The number of nitrogens with zero attached hydrogens (tertiary/aromatic N) is 1. The van der Waals surface area contributed by atoms with Crippen molar-refractivity contribution in [3.63, 3.8) is 0 Å². The summed E-state index contributed by atoms with van der Waals surface area (Å²) in [6, 6.07) is 5.74. The maximum Gasteiger partial charge on any atom is 0.181 e. The number of Topliss-reactive ketones (excluding diaryl/α,β-unsaturated/α-hetero) is 1. The van der Waals surface area contributed by atoms with E-state index in [0.29, 0.717) is 24.2 Å². The largest absolute Gasteiger partial charge is 0.444 e. The number of carbonyl (C=O) groups excluding carboxylic acids is 1. The van der Waals surface area contributed by atoms with Crippen LogP contribution in [-0.2, 0) is 6.42 Å². The van der Waals surface area contributed by atoms with Gasteiger partial charge in [-0.1, -0.05) is 42.2 Å². The zero-order valence-corrected chi connectivity index (χ0v) is 13.1. The first-order chi connectivity index (χ1) is 11.6. The molecule has 1 aliphatic rings. The molecule has 0 spiro atoms. The van der Waals surface area contributed by atoms with E-state index in [-0.39, 0.29) is 18.1 Å². The van der Waals surface area contributed by atoms with Crippen molar-refractivity contribution >= 4 is 11.9 Å². The molecule has 1 atom stereocenters. The summed E-state index contributed by atoms with van der Waals surface area (Å²) in [4.78, 5) is 16.3. The molecule has 0 N–H and O–H groups in total. The first-order valence-electron chi connectivity index (χ1n) is 7.69. The number of oxazole rings is 1. The Morgan fingerprint density at radius 2 is 2.29 bits per heavy atom. The van der Waals surface area contributed by atoms with Gasteiger partial charge in [-0.25, -0.2) is 9.37 Å². The average Bonchev–Trinajstić information content (AvgIpc) is 2.99. The second-order valence-electron chi connectivity index (χ2n) is 5.59. The molecule has 0 fully saturated rings. The molecule has 0 bridgehead atoms. The van der Waals surface area contributed by atoms with Gasteiger partial charge in [0.15, 0.2) is 17.9 Å². The van der Waals surface area contributed by atoms with Crippen LogP contribution in [-0.4, -0.2) is 10.8 Å². The number of benzene rings is 1. The molecule has 1 heterocycles. The molecule has 0 radical (unpaired) electrons. The zero-order chi connectivity index (χ0) is 16.9. The lowest BCUT2D eigenvalue weighted by Crippen LogP contribution is -2.04. The minimum absolute atomic E-state index is 0.101. The lowest BCUT2D eigenvalue weighted by molar-refractivity contribution is 0.0982. The van der Waals surface area contributed by atoms with E-state index in [2.05, 4.69) is 23.4 Å². The van der Waals surface area contributed by atoms with Crippen LogP contribution in [0.3, 0.4) is 0 Å². The monoisotopic (exact) mass is 321 g/mol. The highest BCUT2D eigenvalue weighted by molar-refractivity contribution is 5.96. The van der Waals surface area contributed by atoms with Crippen LogP contribution in [0.15, 0.2) is 53.3 Å². The number of allylic oxidation sites excluding steroid dienone is 2. The van der Waals surface area contributed by atoms with Crippen LogP contribution in [0.25, 0.3) is 6.08 Å². The van der Waals surface area contributed by atoms with Crippen molar-refractivity contribution < 1.29 is 13.6 Å². The Hall–Kier alpha value is -2.93. The number of fused-ring (bicyclic) bond motifs is 1. The Balaban J connectivity index is 1.63. The van der Waals surface area contributed by atoms with E-state index in [0.717, 1.165) is 11.3 Å². The maximum atomic E-state index is 13.2. The van der Waals surface area contributed by atoms with Gasteiger partial charge in [-0.3, -0.25) is 4.79 Å². The van der Waals surface area contributed by atoms with Crippen LogP contribution in [0.5, 0.6) is 0 Å². The van der Waals surface area contributed by atoms with Crippen molar-refractivity contribution in [3.05, 3.63) is 71.7 Å². The fraction of sp³-hybridized carbons (Fsp3) is 0.200. The maximum absolute atomic E-state index is 13.2. The van der Waals surface area contributed by atoms with Crippen LogP contribution >= 0.6 is 0 Å². The van der Waals surface area contributed by atoms with Crippen LogP contribution in [0.1, 0.15) is 34.7 Å². The first-order valence-corrected chi connectivity index (χ1v) is 7.69. The second-order valence-corrected chi connectivity index (χ2v) is 5.59. The Labute approximate surface area is 139 Å². The number of rotatable bonds is 5. The summed E-state index contributed by atoms with van der Waals surface area (Å²) >= 11 is 0. The third-order valence-corrected chi connectivity index (χ3v) is 3.89. The Kier molecular flexibility index (Phi) is 4.72. The molecule has 0 amide bonds. The minimum Gasteiger partial charge on any atom is -0.444 e. The van der Waals surface area contributed by atoms with Crippen LogP contribution < -0.4 is 0 Å². The molecule has 1 aromatic carbocycles. The summed E-state index contributed by atoms with van der Waals surface area (Å²) in [7, 11) is 0. The van der Waals surface area contributed by atoms with Gasteiger partial charge in [0, 0.05) is 12.0 Å². The molecular formula is C20H16FNO2. The summed E-state index contributed by atoms with van der Waals surface area (Å²) in [6.45, 7) is 4.05. The molecule has 24 heavy (non-hydrogen) atoms. The van der Waals surface area contributed by atoms with Gasteiger partial charge in [-0.15, -0.1) is 0 Å². The SMILES string of the molecule is C=C(CCC(=O)c1cccc(F)c1)C1C#CCc2ncoc2C=C1. The third-order valence-electron chi connectivity index (χ3n) is 3.89. The molecule has 1 aromatic heterocycles. The van der Waals surface area contributed by atoms with E-state index in [9.17, 15) is 9.18 Å². The number of hydrogen-bond donors (Lipinski definition) is 0. The van der Waals surface area contributed by atoms with E-state index in [4.69, 9.17) is 4.42 Å². The zero-order valence-electron chi connectivity index (χ0n) is 13.1. The molecule has 1 unspecified atom stereocenters. The van der Waals surface area contributed by atoms with Crippen molar-refractivity contribution in [2.45, 2.75) is 19.3 Å². The molecule has 3 rings (SSSR count). The molecule has 0 saturated carbocycles. The summed E-state index contributed by atoms with van der Waals surface area (Å²) < 4.78 is 18.5. The number of aromatic nitrogens is 1.